The van der Waals surface area contributed by atoms with Gasteiger partial charge in [0, 0.05) is 17.3 Å². The van der Waals surface area contributed by atoms with Crippen molar-refractivity contribution in [3.63, 3.8) is 0 Å². The van der Waals surface area contributed by atoms with Crippen LogP contribution in [0.5, 0.6) is 0 Å². The van der Waals surface area contributed by atoms with Crippen LogP contribution in [0.25, 0.3) is 11.1 Å². The number of hydrogen-bond donors (Lipinski definition) is 1. The fraction of sp³-hybridized carbons (Fsp3) is 0.217. The van der Waals surface area contributed by atoms with Crippen molar-refractivity contribution in [1.29, 1.82) is 0 Å². The van der Waals surface area contributed by atoms with Crippen LogP contribution < -0.4 is 9.88 Å². The lowest BCUT2D eigenvalue weighted by Crippen LogP contribution is -2.40. The van der Waals surface area contributed by atoms with Crippen molar-refractivity contribution in [2.45, 2.75) is 32.2 Å². The molecule has 0 unspecified atom stereocenters. The number of carbonyl (C=O) groups is 1. The van der Waals surface area contributed by atoms with Crippen LogP contribution >= 0.6 is 0 Å². The van der Waals surface area contributed by atoms with Crippen LogP contribution in [0.2, 0.25) is 0 Å². The van der Waals surface area contributed by atoms with E-state index in [1.54, 1.807) is 0 Å². The standard InChI is InChI=1S/C23H22N2O/c26-23(17-25-15-14-19-8-4-5-9-21(19)16-25)24-22-12-10-20(11-13-22)18-6-2-1-3-7-18/h1-3,6-7,10-16H,4-5,8-9,17H2/p+1. The molecule has 0 saturated carbocycles. The van der Waals surface area contributed by atoms with Crippen LogP contribution in [-0.4, -0.2) is 5.91 Å². The number of nitrogens with zero attached hydrogens (tertiary/aromatic N) is 1. The smallest absolute Gasteiger partial charge is 0.290 e. The molecule has 3 nitrogen and oxygen atoms in total. The molecule has 130 valence electrons. The highest BCUT2D eigenvalue weighted by atomic mass is 16.1. The first kappa shape index (κ1) is 16.5. The van der Waals surface area contributed by atoms with E-state index in [2.05, 4.69) is 29.7 Å². The van der Waals surface area contributed by atoms with Gasteiger partial charge in [0.15, 0.2) is 12.4 Å². The second-order valence-electron chi connectivity index (χ2n) is 6.87. The first-order chi connectivity index (χ1) is 12.8. The number of aromatic nitrogens is 1. The molecule has 0 fully saturated rings. The molecule has 3 heteroatoms. The van der Waals surface area contributed by atoms with E-state index >= 15 is 0 Å². The van der Waals surface area contributed by atoms with E-state index in [1.165, 1.54) is 29.5 Å². The molecular formula is C23H23N2O+. The molecule has 26 heavy (non-hydrogen) atoms. The van der Waals surface area contributed by atoms with Crippen LogP contribution in [0.15, 0.2) is 73.1 Å². The summed E-state index contributed by atoms with van der Waals surface area (Å²) < 4.78 is 1.98. The molecule has 1 N–H and O–H groups in total. The van der Waals surface area contributed by atoms with E-state index in [4.69, 9.17) is 0 Å². The maximum atomic E-state index is 12.4. The summed E-state index contributed by atoms with van der Waals surface area (Å²) in [5.41, 5.74) is 5.97. The highest BCUT2D eigenvalue weighted by Crippen LogP contribution is 2.21. The maximum Gasteiger partial charge on any atom is 0.290 e. The Morgan fingerprint density at radius 3 is 2.31 bits per heavy atom. The molecule has 3 aromatic rings. The van der Waals surface area contributed by atoms with Gasteiger partial charge in [-0.1, -0.05) is 42.5 Å². The van der Waals surface area contributed by atoms with Gasteiger partial charge in [-0.3, -0.25) is 4.79 Å². The summed E-state index contributed by atoms with van der Waals surface area (Å²) in [5, 5.41) is 2.99. The van der Waals surface area contributed by atoms with Gasteiger partial charge in [0.1, 0.15) is 0 Å². The summed E-state index contributed by atoms with van der Waals surface area (Å²) in [6.45, 7) is 0.341. The van der Waals surface area contributed by atoms with Crippen molar-refractivity contribution in [2.75, 3.05) is 5.32 Å². The van der Waals surface area contributed by atoms with E-state index in [1.807, 2.05) is 53.2 Å². The Bertz CT molecular complexity index is 901. The molecule has 1 amide bonds. The van der Waals surface area contributed by atoms with Crippen molar-refractivity contribution in [2.24, 2.45) is 0 Å². The summed E-state index contributed by atoms with van der Waals surface area (Å²) in [6, 6.07) is 20.4. The number of pyridine rings is 1. The SMILES string of the molecule is O=C(C[n+]1ccc2c(c1)CCCC2)Nc1ccc(-c2ccccc2)cc1. The molecule has 0 radical (unpaired) electrons. The lowest BCUT2D eigenvalue weighted by molar-refractivity contribution is -0.684. The van der Waals surface area contributed by atoms with Gasteiger partial charge in [-0.15, -0.1) is 0 Å². The van der Waals surface area contributed by atoms with Gasteiger partial charge in [0.2, 0.25) is 6.54 Å². The molecule has 0 spiro atoms. The zero-order valence-corrected chi connectivity index (χ0v) is 14.8. The summed E-state index contributed by atoms with van der Waals surface area (Å²) in [6.07, 6.45) is 8.96. The van der Waals surface area contributed by atoms with Gasteiger partial charge in [-0.2, -0.15) is 4.57 Å². The van der Waals surface area contributed by atoms with E-state index in [0.29, 0.717) is 6.54 Å². The summed E-state index contributed by atoms with van der Waals surface area (Å²) in [5.74, 6) is -0.00165. The van der Waals surface area contributed by atoms with E-state index in [0.717, 1.165) is 24.1 Å². The van der Waals surface area contributed by atoms with Gasteiger partial charge in [0.05, 0.1) is 0 Å². The Hall–Kier alpha value is -2.94. The second-order valence-corrected chi connectivity index (χ2v) is 6.87. The topological polar surface area (TPSA) is 33.0 Å². The Balaban J connectivity index is 1.40. The van der Waals surface area contributed by atoms with Gasteiger partial charge in [0.25, 0.3) is 5.91 Å². The van der Waals surface area contributed by atoms with Crippen LogP contribution in [0.3, 0.4) is 0 Å². The average molecular weight is 343 g/mol. The molecule has 0 atom stereocenters. The minimum absolute atomic E-state index is 0.00165. The largest absolute Gasteiger partial charge is 0.321 e. The predicted molar refractivity (Wildman–Crippen MR) is 104 cm³/mol. The lowest BCUT2D eigenvalue weighted by atomic mass is 9.93. The number of aryl methyl sites for hydroxylation is 2. The van der Waals surface area contributed by atoms with E-state index in [-0.39, 0.29) is 5.91 Å². The zero-order chi connectivity index (χ0) is 17.8. The molecule has 1 aliphatic carbocycles. The van der Waals surface area contributed by atoms with Gasteiger partial charge >= 0.3 is 0 Å². The normalized spacial score (nSPS) is 13.1. The van der Waals surface area contributed by atoms with Crippen LogP contribution in [0.1, 0.15) is 24.0 Å². The molecule has 0 bridgehead atoms. The fourth-order valence-electron chi connectivity index (χ4n) is 3.56. The maximum absolute atomic E-state index is 12.4. The monoisotopic (exact) mass is 343 g/mol. The Morgan fingerprint density at radius 2 is 1.54 bits per heavy atom. The molecule has 0 aliphatic heterocycles. The number of carbonyl (C=O) groups excluding carboxylic acids is 1. The van der Waals surface area contributed by atoms with Crippen molar-refractivity contribution in [3.05, 3.63) is 84.2 Å². The fourth-order valence-corrected chi connectivity index (χ4v) is 3.56. The third kappa shape index (κ3) is 3.83. The molecule has 2 aromatic carbocycles. The summed E-state index contributed by atoms with van der Waals surface area (Å²) >= 11 is 0. The average Bonchev–Trinajstić information content (AvgIpc) is 2.69. The van der Waals surface area contributed by atoms with Gasteiger partial charge in [-0.05, 0) is 54.5 Å². The Labute approximate surface area is 154 Å². The quantitative estimate of drug-likeness (QED) is 0.709. The number of nitrogens with one attached hydrogen (secondary N) is 1. The molecule has 1 heterocycles. The van der Waals surface area contributed by atoms with Crippen molar-refractivity contribution < 1.29 is 9.36 Å². The minimum atomic E-state index is -0.00165. The molecule has 1 aliphatic rings. The predicted octanol–water partition coefficient (Wildman–Crippen LogP) is 4.16. The third-order valence-electron chi connectivity index (χ3n) is 4.95. The van der Waals surface area contributed by atoms with Crippen LogP contribution in [-0.2, 0) is 24.2 Å². The van der Waals surface area contributed by atoms with Gasteiger partial charge in [-0.25, -0.2) is 0 Å². The highest BCUT2D eigenvalue weighted by molar-refractivity contribution is 5.90. The van der Waals surface area contributed by atoms with Crippen LogP contribution in [0.4, 0.5) is 5.69 Å². The van der Waals surface area contributed by atoms with Crippen molar-refractivity contribution >= 4 is 11.6 Å². The van der Waals surface area contributed by atoms with Crippen molar-refractivity contribution in [1.82, 2.24) is 0 Å². The number of benzene rings is 2. The number of fused-ring (bicyclic) bond motifs is 1. The molecule has 0 saturated heterocycles. The first-order valence-corrected chi connectivity index (χ1v) is 9.24. The summed E-state index contributed by atoms with van der Waals surface area (Å²) in [7, 11) is 0. The summed E-state index contributed by atoms with van der Waals surface area (Å²) in [4.78, 5) is 12.4. The minimum Gasteiger partial charge on any atom is -0.321 e. The molecule has 1 aromatic heterocycles. The zero-order valence-electron chi connectivity index (χ0n) is 14.8. The highest BCUT2D eigenvalue weighted by Gasteiger charge is 2.15. The first-order valence-electron chi connectivity index (χ1n) is 9.24. The number of amides is 1. The third-order valence-corrected chi connectivity index (χ3v) is 4.95. The number of hydrogen-bond acceptors (Lipinski definition) is 1. The number of rotatable bonds is 4. The van der Waals surface area contributed by atoms with Gasteiger partial charge < -0.3 is 5.32 Å². The van der Waals surface area contributed by atoms with Crippen LogP contribution in [0, 0.1) is 0 Å². The Morgan fingerprint density at radius 1 is 0.846 bits per heavy atom. The van der Waals surface area contributed by atoms with E-state index in [9.17, 15) is 4.79 Å². The van der Waals surface area contributed by atoms with Crippen molar-refractivity contribution in [3.8, 4) is 11.1 Å². The second kappa shape index (κ2) is 7.52. The number of anilines is 1. The molecule has 4 rings (SSSR count). The van der Waals surface area contributed by atoms with E-state index < -0.39 is 0 Å². The Kier molecular flexibility index (Phi) is 4.78. The molecular weight excluding hydrogens is 320 g/mol. The lowest BCUT2D eigenvalue weighted by Gasteiger charge is -2.13.